The minimum atomic E-state index is 0.370. The van der Waals surface area contributed by atoms with Crippen molar-refractivity contribution in [3.05, 3.63) is 30.4 Å². The van der Waals surface area contributed by atoms with Crippen molar-refractivity contribution >= 4 is 11.6 Å². The molecule has 152 valence electrons. The molecule has 0 aliphatic carbocycles. The maximum absolute atomic E-state index is 5.39. The largest absolute Gasteiger partial charge is 0.497 e. The molecular formula is C19H29N7O2. The van der Waals surface area contributed by atoms with Crippen LogP contribution >= 0.6 is 0 Å². The SMILES string of the molecule is CN=C(NCc1nncn1C)NC1CCN(c2cc(OC)cc(OC)c2)CC1. The molecule has 1 fully saturated rings. The molecule has 0 radical (unpaired) electrons. The highest BCUT2D eigenvalue weighted by Gasteiger charge is 2.21. The molecule has 1 aliphatic heterocycles. The van der Waals surface area contributed by atoms with E-state index in [9.17, 15) is 0 Å². The van der Waals surface area contributed by atoms with Gasteiger partial charge in [0.2, 0.25) is 0 Å². The van der Waals surface area contributed by atoms with Gasteiger partial charge in [-0.05, 0) is 12.8 Å². The first-order valence-corrected chi connectivity index (χ1v) is 9.41. The molecule has 0 amide bonds. The van der Waals surface area contributed by atoms with Gasteiger partial charge in [-0.2, -0.15) is 0 Å². The minimum absolute atomic E-state index is 0.370. The lowest BCUT2D eigenvalue weighted by Crippen LogP contribution is -2.48. The van der Waals surface area contributed by atoms with Crippen molar-refractivity contribution in [1.29, 1.82) is 0 Å². The normalized spacial score (nSPS) is 15.4. The van der Waals surface area contributed by atoms with E-state index in [1.807, 2.05) is 17.7 Å². The van der Waals surface area contributed by atoms with Crippen molar-refractivity contribution in [1.82, 2.24) is 25.4 Å². The van der Waals surface area contributed by atoms with Crippen molar-refractivity contribution in [3.63, 3.8) is 0 Å². The van der Waals surface area contributed by atoms with Gasteiger partial charge in [0, 0.05) is 57.1 Å². The summed E-state index contributed by atoms with van der Waals surface area (Å²) in [6, 6.07) is 6.37. The standard InChI is InChI=1S/C19H29N7O2/c1-20-19(21-12-18-24-22-13-25(18)2)23-14-5-7-26(8-6-14)15-9-16(27-3)11-17(10-15)28-4/h9-11,13-14H,5-8,12H2,1-4H3,(H2,20,21,23). The van der Waals surface area contributed by atoms with Crippen LogP contribution in [-0.4, -0.2) is 61.1 Å². The summed E-state index contributed by atoms with van der Waals surface area (Å²) in [6.07, 6.45) is 3.73. The quantitative estimate of drug-likeness (QED) is 0.568. The van der Waals surface area contributed by atoms with Gasteiger partial charge in [-0.15, -0.1) is 10.2 Å². The number of aromatic nitrogens is 3. The molecule has 2 N–H and O–H groups in total. The highest BCUT2D eigenvalue weighted by molar-refractivity contribution is 5.79. The first-order chi connectivity index (χ1) is 13.6. The summed E-state index contributed by atoms with van der Waals surface area (Å²) < 4.78 is 12.7. The van der Waals surface area contributed by atoms with Gasteiger partial charge in [0.05, 0.1) is 20.8 Å². The van der Waals surface area contributed by atoms with E-state index in [1.165, 1.54) is 0 Å². The number of nitrogens with zero attached hydrogens (tertiary/aromatic N) is 5. The number of nitrogens with one attached hydrogen (secondary N) is 2. The number of aryl methyl sites for hydroxylation is 1. The highest BCUT2D eigenvalue weighted by atomic mass is 16.5. The third-order valence-corrected chi connectivity index (χ3v) is 4.98. The van der Waals surface area contributed by atoms with E-state index in [1.54, 1.807) is 27.6 Å². The van der Waals surface area contributed by atoms with Gasteiger partial charge >= 0.3 is 0 Å². The van der Waals surface area contributed by atoms with Crippen LogP contribution in [0.2, 0.25) is 0 Å². The average Bonchev–Trinajstić information content (AvgIpc) is 3.15. The minimum Gasteiger partial charge on any atom is -0.497 e. The number of methoxy groups -OCH3 is 2. The molecule has 9 heteroatoms. The maximum atomic E-state index is 5.39. The van der Waals surface area contributed by atoms with Gasteiger partial charge in [0.25, 0.3) is 0 Å². The molecule has 2 aromatic rings. The van der Waals surface area contributed by atoms with E-state index in [4.69, 9.17) is 9.47 Å². The van der Waals surface area contributed by atoms with Gasteiger partial charge in [0.1, 0.15) is 17.8 Å². The molecule has 9 nitrogen and oxygen atoms in total. The second-order valence-corrected chi connectivity index (χ2v) is 6.76. The van der Waals surface area contributed by atoms with Gasteiger partial charge < -0.3 is 29.6 Å². The van der Waals surface area contributed by atoms with Crippen molar-refractivity contribution < 1.29 is 9.47 Å². The third kappa shape index (κ3) is 4.85. The Kier molecular flexibility index (Phi) is 6.57. The highest BCUT2D eigenvalue weighted by Crippen LogP contribution is 2.30. The lowest BCUT2D eigenvalue weighted by Gasteiger charge is -2.34. The molecule has 0 saturated carbocycles. The summed E-state index contributed by atoms with van der Waals surface area (Å²) in [5.41, 5.74) is 1.12. The maximum Gasteiger partial charge on any atom is 0.191 e. The second kappa shape index (κ2) is 9.29. The zero-order valence-electron chi connectivity index (χ0n) is 17.0. The van der Waals surface area contributed by atoms with Crippen LogP contribution in [0.3, 0.4) is 0 Å². The van der Waals surface area contributed by atoms with Gasteiger partial charge in [-0.1, -0.05) is 0 Å². The number of guanidine groups is 1. The topological polar surface area (TPSA) is 88.8 Å². The Labute approximate surface area is 165 Å². The Morgan fingerprint density at radius 1 is 1.18 bits per heavy atom. The molecule has 0 unspecified atom stereocenters. The van der Waals surface area contributed by atoms with Crippen LogP contribution in [0.4, 0.5) is 5.69 Å². The number of aliphatic imine (C=N–C) groups is 1. The summed E-state index contributed by atoms with van der Waals surface area (Å²) in [7, 11) is 7.06. The molecule has 2 heterocycles. The monoisotopic (exact) mass is 387 g/mol. The van der Waals surface area contributed by atoms with E-state index >= 15 is 0 Å². The summed E-state index contributed by atoms with van der Waals surface area (Å²) in [5, 5.41) is 14.8. The second-order valence-electron chi connectivity index (χ2n) is 6.76. The summed E-state index contributed by atoms with van der Waals surface area (Å²) in [6.45, 7) is 2.49. The Morgan fingerprint density at radius 2 is 1.86 bits per heavy atom. The molecule has 0 atom stereocenters. The lowest BCUT2D eigenvalue weighted by atomic mass is 10.0. The number of hydrogen-bond acceptors (Lipinski definition) is 6. The van der Waals surface area contributed by atoms with Crippen LogP contribution in [-0.2, 0) is 13.6 Å². The Hall–Kier alpha value is -2.97. The molecule has 28 heavy (non-hydrogen) atoms. The van der Waals surface area contributed by atoms with Crippen LogP contribution in [0.25, 0.3) is 0 Å². The fourth-order valence-corrected chi connectivity index (χ4v) is 3.27. The van der Waals surface area contributed by atoms with Crippen LogP contribution in [0.1, 0.15) is 18.7 Å². The van der Waals surface area contributed by atoms with Crippen LogP contribution < -0.4 is 25.0 Å². The fourth-order valence-electron chi connectivity index (χ4n) is 3.27. The Balaban J connectivity index is 1.52. The lowest BCUT2D eigenvalue weighted by molar-refractivity contribution is 0.393. The van der Waals surface area contributed by atoms with Crippen molar-refractivity contribution in [2.75, 3.05) is 39.3 Å². The van der Waals surface area contributed by atoms with E-state index in [0.29, 0.717) is 12.6 Å². The summed E-state index contributed by atoms with van der Waals surface area (Å²) in [4.78, 5) is 6.68. The summed E-state index contributed by atoms with van der Waals surface area (Å²) >= 11 is 0. The average molecular weight is 387 g/mol. The van der Waals surface area contributed by atoms with Crippen molar-refractivity contribution in [3.8, 4) is 11.5 Å². The number of anilines is 1. The molecule has 1 aliphatic rings. The van der Waals surface area contributed by atoms with Crippen molar-refractivity contribution in [2.24, 2.45) is 12.0 Å². The first-order valence-electron chi connectivity index (χ1n) is 9.41. The predicted molar refractivity (Wildman–Crippen MR) is 109 cm³/mol. The van der Waals surface area contributed by atoms with Gasteiger partial charge in [-0.3, -0.25) is 4.99 Å². The predicted octanol–water partition coefficient (Wildman–Crippen LogP) is 1.17. The Morgan fingerprint density at radius 3 is 2.39 bits per heavy atom. The Bertz CT molecular complexity index is 775. The number of rotatable bonds is 6. The molecular weight excluding hydrogens is 358 g/mol. The molecule has 0 bridgehead atoms. The zero-order valence-corrected chi connectivity index (χ0v) is 17.0. The van der Waals surface area contributed by atoms with Gasteiger partial charge in [0.15, 0.2) is 11.8 Å². The molecule has 3 rings (SSSR count). The number of hydrogen-bond donors (Lipinski definition) is 2. The van der Waals surface area contributed by atoms with E-state index in [-0.39, 0.29) is 0 Å². The van der Waals surface area contributed by atoms with Crippen LogP contribution in [0.15, 0.2) is 29.5 Å². The number of piperidine rings is 1. The smallest absolute Gasteiger partial charge is 0.191 e. The third-order valence-electron chi connectivity index (χ3n) is 4.98. The molecule has 1 aromatic carbocycles. The zero-order chi connectivity index (χ0) is 19.9. The first kappa shape index (κ1) is 19.8. The van der Waals surface area contributed by atoms with Crippen LogP contribution in [0.5, 0.6) is 11.5 Å². The van der Waals surface area contributed by atoms with E-state index in [2.05, 4.69) is 42.9 Å². The molecule has 1 aromatic heterocycles. The van der Waals surface area contributed by atoms with Crippen molar-refractivity contribution in [2.45, 2.75) is 25.4 Å². The number of ether oxygens (including phenoxy) is 2. The molecule has 1 saturated heterocycles. The van der Waals surface area contributed by atoms with Crippen LogP contribution in [0, 0.1) is 0 Å². The number of benzene rings is 1. The molecule has 0 spiro atoms. The van der Waals surface area contributed by atoms with Gasteiger partial charge in [-0.25, -0.2) is 0 Å². The van der Waals surface area contributed by atoms with E-state index < -0.39 is 0 Å². The summed E-state index contributed by atoms with van der Waals surface area (Å²) in [5.74, 6) is 3.26. The fraction of sp³-hybridized carbons (Fsp3) is 0.526. The van der Waals surface area contributed by atoms with E-state index in [0.717, 1.165) is 54.9 Å².